The normalized spacial score (nSPS) is 11.1. The van der Waals surface area contributed by atoms with Gasteiger partial charge in [-0.1, -0.05) is 18.2 Å². The summed E-state index contributed by atoms with van der Waals surface area (Å²) in [5, 5.41) is 14.8. The van der Waals surface area contributed by atoms with Crippen LogP contribution in [0.15, 0.2) is 41.1 Å². The lowest BCUT2D eigenvalue weighted by atomic mass is 10.1. The standard InChI is InChI=1S/C13H10OS2/c14-7-9-5-6-15-13(9)11-8-16-12-4-2-1-3-10(11)12/h1-6,8,14H,7H2. The molecule has 80 valence electrons. The molecule has 0 amide bonds. The Morgan fingerprint density at radius 1 is 1.06 bits per heavy atom. The van der Waals surface area contributed by atoms with Crippen LogP contribution in [0.2, 0.25) is 0 Å². The molecule has 0 atom stereocenters. The largest absolute Gasteiger partial charge is 0.392 e. The van der Waals surface area contributed by atoms with E-state index in [1.165, 1.54) is 20.5 Å². The van der Waals surface area contributed by atoms with Gasteiger partial charge in [-0.15, -0.1) is 22.7 Å². The van der Waals surface area contributed by atoms with E-state index in [1.807, 2.05) is 11.4 Å². The smallest absolute Gasteiger partial charge is 0.0696 e. The molecule has 16 heavy (non-hydrogen) atoms. The summed E-state index contributed by atoms with van der Waals surface area (Å²) in [7, 11) is 0. The Balaban J connectivity index is 2.26. The van der Waals surface area contributed by atoms with Gasteiger partial charge in [-0.25, -0.2) is 0 Å². The van der Waals surface area contributed by atoms with Crippen molar-refractivity contribution in [1.82, 2.24) is 0 Å². The summed E-state index contributed by atoms with van der Waals surface area (Å²) in [6, 6.07) is 10.4. The average molecular weight is 246 g/mol. The highest BCUT2D eigenvalue weighted by atomic mass is 32.1. The van der Waals surface area contributed by atoms with Crippen molar-refractivity contribution in [3.63, 3.8) is 0 Å². The van der Waals surface area contributed by atoms with Crippen molar-refractivity contribution in [3.05, 3.63) is 46.7 Å². The summed E-state index contributed by atoms with van der Waals surface area (Å²) in [5.74, 6) is 0. The molecule has 0 aliphatic carbocycles. The predicted octanol–water partition coefficient (Wildman–Crippen LogP) is 4.12. The van der Waals surface area contributed by atoms with E-state index in [9.17, 15) is 5.11 Å². The van der Waals surface area contributed by atoms with Crippen molar-refractivity contribution in [2.75, 3.05) is 0 Å². The van der Waals surface area contributed by atoms with Gasteiger partial charge in [0.05, 0.1) is 6.61 Å². The molecule has 2 heterocycles. The molecule has 0 radical (unpaired) electrons. The summed E-state index contributed by atoms with van der Waals surface area (Å²) < 4.78 is 1.30. The van der Waals surface area contributed by atoms with Crippen LogP contribution < -0.4 is 0 Å². The van der Waals surface area contributed by atoms with Crippen LogP contribution in [0.1, 0.15) is 5.56 Å². The number of thiophene rings is 2. The monoisotopic (exact) mass is 246 g/mol. The number of aliphatic hydroxyl groups excluding tert-OH is 1. The van der Waals surface area contributed by atoms with Gasteiger partial charge in [0.2, 0.25) is 0 Å². The Morgan fingerprint density at radius 3 is 2.81 bits per heavy atom. The molecule has 1 N–H and O–H groups in total. The van der Waals surface area contributed by atoms with Crippen LogP contribution in [-0.4, -0.2) is 5.11 Å². The summed E-state index contributed by atoms with van der Waals surface area (Å²) in [4.78, 5) is 1.19. The van der Waals surface area contributed by atoms with Crippen LogP contribution >= 0.6 is 22.7 Å². The van der Waals surface area contributed by atoms with Gasteiger partial charge in [0.25, 0.3) is 0 Å². The quantitative estimate of drug-likeness (QED) is 0.721. The summed E-state index contributed by atoms with van der Waals surface area (Å²) in [6.07, 6.45) is 0. The fraction of sp³-hybridized carbons (Fsp3) is 0.0769. The van der Waals surface area contributed by atoms with E-state index in [0.717, 1.165) is 5.56 Å². The number of benzene rings is 1. The van der Waals surface area contributed by atoms with Gasteiger partial charge in [-0.2, -0.15) is 0 Å². The highest BCUT2D eigenvalue weighted by molar-refractivity contribution is 7.19. The first-order valence-corrected chi connectivity index (χ1v) is 6.80. The third-order valence-corrected chi connectivity index (χ3v) is 4.60. The van der Waals surface area contributed by atoms with Crippen molar-refractivity contribution in [3.8, 4) is 10.4 Å². The third kappa shape index (κ3) is 1.48. The Morgan fingerprint density at radius 2 is 1.94 bits per heavy atom. The van der Waals surface area contributed by atoms with E-state index < -0.39 is 0 Å². The minimum atomic E-state index is 0.114. The maximum Gasteiger partial charge on any atom is 0.0696 e. The van der Waals surface area contributed by atoms with Gasteiger partial charge in [-0.3, -0.25) is 0 Å². The van der Waals surface area contributed by atoms with E-state index in [0.29, 0.717) is 0 Å². The second-order valence-corrected chi connectivity index (χ2v) is 5.41. The molecule has 2 aromatic heterocycles. The average Bonchev–Trinajstić information content (AvgIpc) is 2.94. The molecule has 0 spiro atoms. The highest BCUT2D eigenvalue weighted by Gasteiger charge is 2.10. The first-order valence-electron chi connectivity index (χ1n) is 5.04. The van der Waals surface area contributed by atoms with Gasteiger partial charge in [0.15, 0.2) is 0 Å². The number of hydrogen-bond acceptors (Lipinski definition) is 3. The van der Waals surface area contributed by atoms with Gasteiger partial charge < -0.3 is 5.11 Å². The molecule has 0 fully saturated rings. The molecule has 0 unspecified atom stereocenters. The zero-order valence-corrected chi connectivity index (χ0v) is 10.1. The van der Waals surface area contributed by atoms with E-state index in [1.54, 1.807) is 22.7 Å². The maximum absolute atomic E-state index is 9.29. The number of fused-ring (bicyclic) bond motifs is 1. The van der Waals surface area contributed by atoms with E-state index in [4.69, 9.17) is 0 Å². The Hall–Kier alpha value is -1.16. The van der Waals surface area contributed by atoms with Crippen LogP contribution in [0.3, 0.4) is 0 Å². The summed E-state index contributed by atoms with van der Waals surface area (Å²) in [6.45, 7) is 0.114. The van der Waals surface area contributed by atoms with Crippen molar-refractivity contribution < 1.29 is 5.11 Å². The van der Waals surface area contributed by atoms with Crippen molar-refractivity contribution >= 4 is 32.8 Å². The Bertz CT molecular complexity index is 621. The van der Waals surface area contributed by atoms with Gasteiger partial charge >= 0.3 is 0 Å². The second-order valence-electron chi connectivity index (χ2n) is 3.58. The first kappa shape index (κ1) is 10.0. The predicted molar refractivity (Wildman–Crippen MR) is 71.1 cm³/mol. The zero-order valence-electron chi connectivity index (χ0n) is 8.51. The van der Waals surface area contributed by atoms with Crippen LogP contribution in [0.4, 0.5) is 0 Å². The summed E-state index contributed by atoms with van der Waals surface area (Å²) in [5.41, 5.74) is 2.27. The minimum absolute atomic E-state index is 0.114. The van der Waals surface area contributed by atoms with E-state index >= 15 is 0 Å². The molecule has 1 nitrogen and oxygen atoms in total. The lowest BCUT2D eigenvalue weighted by Crippen LogP contribution is -1.81. The van der Waals surface area contributed by atoms with Crippen molar-refractivity contribution in [2.45, 2.75) is 6.61 Å². The molecule has 3 rings (SSSR count). The van der Waals surface area contributed by atoms with Gasteiger partial charge in [0, 0.05) is 25.9 Å². The van der Waals surface area contributed by atoms with Crippen LogP contribution in [0, 0.1) is 0 Å². The lowest BCUT2D eigenvalue weighted by molar-refractivity contribution is 0.283. The van der Waals surface area contributed by atoms with E-state index in [-0.39, 0.29) is 6.61 Å². The molecule has 0 aliphatic heterocycles. The van der Waals surface area contributed by atoms with Crippen LogP contribution in [0.25, 0.3) is 20.5 Å². The second kappa shape index (κ2) is 4.01. The van der Waals surface area contributed by atoms with Crippen molar-refractivity contribution in [2.24, 2.45) is 0 Å². The molecular weight excluding hydrogens is 236 g/mol. The molecule has 0 saturated carbocycles. The van der Waals surface area contributed by atoms with E-state index in [2.05, 4.69) is 29.6 Å². The number of aliphatic hydroxyl groups is 1. The molecule has 0 aliphatic rings. The lowest BCUT2D eigenvalue weighted by Gasteiger charge is -1.99. The Labute approximate surface area is 102 Å². The first-order chi connectivity index (χ1) is 7.90. The van der Waals surface area contributed by atoms with Crippen LogP contribution in [0.5, 0.6) is 0 Å². The molecule has 0 bridgehead atoms. The zero-order chi connectivity index (χ0) is 11.0. The topological polar surface area (TPSA) is 20.2 Å². The SMILES string of the molecule is OCc1ccsc1-c1csc2ccccc12. The molecule has 1 aromatic carbocycles. The fourth-order valence-electron chi connectivity index (χ4n) is 1.85. The van der Waals surface area contributed by atoms with Crippen molar-refractivity contribution in [1.29, 1.82) is 0 Å². The minimum Gasteiger partial charge on any atom is -0.392 e. The Kier molecular flexibility index (Phi) is 2.52. The number of rotatable bonds is 2. The molecular formula is C13H10OS2. The maximum atomic E-state index is 9.29. The molecule has 3 heteroatoms. The molecule has 3 aromatic rings. The third-order valence-electron chi connectivity index (χ3n) is 2.64. The number of hydrogen-bond donors (Lipinski definition) is 1. The fourth-order valence-corrected chi connectivity index (χ4v) is 3.82. The molecule has 0 saturated heterocycles. The highest BCUT2D eigenvalue weighted by Crippen LogP contribution is 2.38. The van der Waals surface area contributed by atoms with Gasteiger partial charge in [0.1, 0.15) is 0 Å². The summed E-state index contributed by atoms with van der Waals surface area (Å²) >= 11 is 3.45. The van der Waals surface area contributed by atoms with Gasteiger partial charge in [-0.05, 0) is 23.1 Å². The van der Waals surface area contributed by atoms with Crippen LogP contribution in [-0.2, 0) is 6.61 Å².